The third-order valence-electron chi connectivity index (χ3n) is 3.15. The standard InChI is InChI=1S/C16H27NS/c1-12(2)8-9-17-11-15(5)18-16-7-6-13(3)14(4)10-16/h6-7,10,12,15,17H,8-9,11H2,1-5H3. The molecule has 0 aliphatic rings. The molecule has 1 atom stereocenters. The quantitative estimate of drug-likeness (QED) is 0.578. The number of thioether (sulfide) groups is 1. The van der Waals surface area contributed by atoms with Crippen LogP contribution in [0.25, 0.3) is 0 Å². The second-order valence-electron chi connectivity index (χ2n) is 5.56. The highest BCUT2D eigenvalue weighted by atomic mass is 32.2. The summed E-state index contributed by atoms with van der Waals surface area (Å²) in [4.78, 5) is 1.39. The highest BCUT2D eigenvalue weighted by Gasteiger charge is 2.05. The van der Waals surface area contributed by atoms with Crippen LogP contribution in [0.1, 0.15) is 38.3 Å². The molecule has 1 rings (SSSR count). The Labute approximate surface area is 117 Å². The topological polar surface area (TPSA) is 12.0 Å². The normalized spacial score (nSPS) is 13.0. The monoisotopic (exact) mass is 265 g/mol. The molecule has 0 bridgehead atoms. The van der Waals surface area contributed by atoms with Gasteiger partial charge in [-0.05, 0) is 56.0 Å². The molecule has 0 radical (unpaired) electrons. The molecule has 1 unspecified atom stereocenters. The van der Waals surface area contributed by atoms with Gasteiger partial charge in [0.05, 0.1) is 0 Å². The van der Waals surface area contributed by atoms with Gasteiger partial charge in [0, 0.05) is 16.7 Å². The van der Waals surface area contributed by atoms with Crippen LogP contribution in [0.5, 0.6) is 0 Å². The Morgan fingerprint density at radius 3 is 2.44 bits per heavy atom. The first-order valence-corrected chi connectivity index (χ1v) is 7.81. The molecule has 1 nitrogen and oxygen atoms in total. The fourth-order valence-electron chi connectivity index (χ4n) is 1.76. The molecule has 1 aromatic rings. The summed E-state index contributed by atoms with van der Waals surface area (Å²) in [5.41, 5.74) is 2.77. The molecule has 102 valence electrons. The number of hydrogen-bond donors (Lipinski definition) is 1. The number of aryl methyl sites for hydroxylation is 2. The van der Waals surface area contributed by atoms with E-state index in [1.54, 1.807) is 0 Å². The molecule has 0 aliphatic heterocycles. The van der Waals surface area contributed by atoms with Crippen LogP contribution in [0.4, 0.5) is 0 Å². The van der Waals surface area contributed by atoms with Gasteiger partial charge >= 0.3 is 0 Å². The first-order chi connectivity index (χ1) is 8.49. The Morgan fingerprint density at radius 2 is 1.83 bits per heavy atom. The fraction of sp³-hybridized carbons (Fsp3) is 0.625. The van der Waals surface area contributed by atoms with E-state index in [0.717, 1.165) is 19.0 Å². The molecule has 0 aromatic heterocycles. The Balaban J connectivity index is 2.31. The van der Waals surface area contributed by atoms with E-state index in [1.165, 1.54) is 22.4 Å². The van der Waals surface area contributed by atoms with E-state index in [9.17, 15) is 0 Å². The van der Waals surface area contributed by atoms with Crippen molar-refractivity contribution in [2.45, 2.75) is 51.2 Å². The summed E-state index contributed by atoms with van der Waals surface area (Å²) in [6, 6.07) is 6.75. The van der Waals surface area contributed by atoms with Gasteiger partial charge in [-0.3, -0.25) is 0 Å². The van der Waals surface area contributed by atoms with Crippen molar-refractivity contribution < 1.29 is 0 Å². The second kappa shape index (κ2) is 7.85. The predicted molar refractivity (Wildman–Crippen MR) is 83.6 cm³/mol. The van der Waals surface area contributed by atoms with Gasteiger partial charge in [-0.1, -0.05) is 26.8 Å². The summed E-state index contributed by atoms with van der Waals surface area (Å²) >= 11 is 1.96. The van der Waals surface area contributed by atoms with Crippen molar-refractivity contribution in [2.75, 3.05) is 13.1 Å². The minimum Gasteiger partial charge on any atom is -0.316 e. The third kappa shape index (κ3) is 5.92. The second-order valence-corrected chi connectivity index (χ2v) is 7.07. The van der Waals surface area contributed by atoms with E-state index in [1.807, 2.05) is 11.8 Å². The van der Waals surface area contributed by atoms with Crippen LogP contribution in [-0.4, -0.2) is 18.3 Å². The molecule has 0 fully saturated rings. The molecular formula is C16H27NS. The third-order valence-corrected chi connectivity index (χ3v) is 4.24. The zero-order valence-electron chi connectivity index (χ0n) is 12.4. The van der Waals surface area contributed by atoms with Gasteiger partial charge in [0.2, 0.25) is 0 Å². The Hall–Kier alpha value is -0.470. The molecule has 1 aromatic carbocycles. The van der Waals surface area contributed by atoms with Crippen molar-refractivity contribution in [1.82, 2.24) is 5.32 Å². The van der Waals surface area contributed by atoms with Crippen molar-refractivity contribution >= 4 is 11.8 Å². The Kier molecular flexibility index (Phi) is 6.80. The van der Waals surface area contributed by atoms with Crippen molar-refractivity contribution in [2.24, 2.45) is 5.92 Å². The molecule has 0 spiro atoms. The van der Waals surface area contributed by atoms with Crippen LogP contribution in [0.2, 0.25) is 0 Å². The molecule has 18 heavy (non-hydrogen) atoms. The van der Waals surface area contributed by atoms with Crippen LogP contribution in [-0.2, 0) is 0 Å². The number of benzene rings is 1. The van der Waals surface area contributed by atoms with Crippen molar-refractivity contribution in [1.29, 1.82) is 0 Å². The molecule has 0 aliphatic carbocycles. The highest BCUT2D eigenvalue weighted by Crippen LogP contribution is 2.24. The molecule has 0 saturated carbocycles. The molecule has 0 heterocycles. The van der Waals surface area contributed by atoms with E-state index in [2.05, 4.69) is 58.1 Å². The lowest BCUT2D eigenvalue weighted by molar-refractivity contribution is 0.539. The fourth-order valence-corrected chi connectivity index (χ4v) is 2.81. The minimum absolute atomic E-state index is 0.624. The Morgan fingerprint density at radius 1 is 1.11 bits per heavy atom. The van der Waals surface area contributed by atoms with Crippen LogP contribution < -0.4 is 5.32 Å². The average Bonchev–Trinajstić information content (AvgIpc) is 2.29. The SMILES string of the molecule is Cc1ccc(SC(C)CNCCC(C)C)cc1C. The molecule has 1 N–H and O–H groups in total. The number of rotatable bonds is 7. The van der Waals surface area contributed by atoms with Gasteiger partial charge in [-0.25, -0.2) is 0 Å². The van der Waals surface area contributed by atoms with Crippen molar-refractivity contribution in [3.63, 3.8) is 0 Å². The highest BCUT2D eigenvalue weighted by molar-refractivity contribution is 8.00. The lowest BCUT2D eigenvalue weighted by atomic mass is 10.1. The Bertz CT molecular complexity index is 360. The first-order valence-electron chi connectivity index (χ1n) is 6.93. The van der Waals surface area contributed by atoms with Gasteiger partial charge < -0.3 is 5.32 Å². The number of hydrogen-bond acceptors (Lipinski definition) is 2. The maximum Gasteiger partial charge on any atom is 0.0191 e. The summed E-state index contributed by atoms with van der Waals surface area (Å²) in [5.74, 6) is 0.792. The van der Waals surface area contributed by atoms with Crippen LogP contribution in [0.15, 0.2) is 23.1 Å². The largest absolute Gasteiger partial charge is 0.316 e. The van der Waals surface area contributed by atoms with Crippen molar-refractivity contribution in [3.05, 3.63) is 29.3 Å². The zero-order valence-corrected chi connectivity index (χ0v) is 13.2. The summed E-state index contributed by atoms with van der Waals surface area (Å²) in [6.07, 6.45) is 1.26. The van der Waals surface area contributed by atoms with Crippen molar-refractivity contribution in [3.8, 4) is 0 Å². The van der Waals surface area contributed by atoms with Gasteiger partial charge in [0.15, 0.2) is 0 Å². The van der Waals surface area contributed by atoms with Gasteiger partial charge in [-0.15, -0.1) is 11.8 Å². The predicted octanol–water partition coefficient (Wildman–Crippen LogP) is 4.42. The smallest absolute Gasteiger partial charge is 0.0191 e. The average molecular weight is 265 g/mol. The first kappa shape index (κ1) is 15.6. The lowest BCUT2D eigenvalue weighted by Crippen LogP contribution is -2.24. The molecule has 0 amide bonds. The van der Waals surface area contributed by atoms with Crippen LogP contribution >= 0.6 is 11.8 Å². The van der Waals surface area contributed by atoms with Gasteiger partial charge in [-0.2, -0.15) is 0 Å². The summed E-state index contributed by atoms with van der Waals surface area (Å²) < 4.78 is 0. The summed E-state index contributed by atoms with van der Waals surface area (Å²) in [7, 11) is 0. The summed E-state index contributed by atoms with van der Waals surface area (Å²) in [6.45, 7) is 13.4. The maximum absolute atomic E-state index is 3.54. The van der Waals surface area contributed by atoms with Gasteiger partial charge in [0.1, 0.15) is 0 Å². The molecule has 0 saturated heterocycles. The van der Waals surface area contributed by atoms with E-state index in [4.69, 9.17) is 0 Å². The molecular weight excluding hydrogens is 238 g/mol. The summed E-state index contributed by atoms with van der Waals surface area (Å²) in [5, 5.41) is 4.17. The molecule has 2 heteroatoms. The van der Waals surface area contributed by atoms with Crippen LogP contribution in [0.3, 0.4) is 0 Å². The zero-order chi connectivity index (χ0) is 13.5. The van der Waals surface area contributed by atoms with E-state index in [0.29, 0.717) is 5.25 Å². The number of nitrogens with one attached hydrogen (secondary N) is 1. The van der Waals surface area contributed by atoms with Crippen LogP contribution in [0, 0.1) is 19.8 Å². The van der Waals surface area contributed by atoms with E-state index < -0.39 is 0 Å². The minimum atomic E-state index is 0.624. The maximum atomic E-state index is 3.54. The van der Waals surface area contributed by atoms with E-state index >= 15 is 0 Å². The van der Waals surface area contributed by atoms with Gasteiger partial charge in [0.25, 0.3) is 0 Å². The van der Waals surface area contributed by atoms with E-state index in [-0.39, 0.29) is 0 Å². The lowest BCUT2D eigenvalue weighted by Gasteiger charge is -2.14.